The van der Waals surface area contributed by atoms with E-state index in [-0.39, 0.29) is 41.8 Å². The van der Waals surface area contributed by atoms with Crippen LogP contribution in [0.15, 0.2) is 132 Å². The Bertz CT molecular complexity index is 2560. The molecule has 1 saturated heterocycles. The van der Waals surface area contributed by atoms with Gasteiger partial charge < -0.3 is 40.8 Å². The van der Waals surface area contributed by atoms with Crippen molar-refractivity contribution < 1.29 is 29.3 Å². The third kappa shape index (κ3) is 12.4. The van der Waals surface area contributed by atoms with Crippen molar-refractivity contribution in [1.29, 1.82) is 0 Å². The van der Waals surface area contributed by atoms with E-state index in [1.807, 2.05) is 91.9 Å². The summed E-state index contributed by atoms with van der Waals surface area (Å²) in [6, 6.07) is 38.8. The summed E-state index contributed by atoms with van der Waals surface area (Å²) in [4.78, 5) is 55.1. The lowest BCUT2D eigenvalue weighted by molar-refractivity contribution is -0.121. The maximum absolute atomic E-state index is 13.0. The first-order valence-corrected chi connectivity index (χ1v) is 21.4. The number of nitrogens with zero attached hydrogens (tertiary/aromatic N) is 1. The highest BCUT2D eigenvalue weighted by Gasteiger charge is 2.23. The van der Waals surface area contributed by atoms with Gasteiger partial charge >= 0.3 is 6.09 Å². The predicted octanol–water partition coefficient (Wildman–Crippen LogP) is 6.80. The standard InChI is InChI=1S/C50H54N6O7/c1-33(51-32-45(58)41-18-20-44(57)48-42(41)19-21-47(60)55-48)28-35-8-7-9-36(29-35)31-53-49(61)38-16-14-34(15-17-38)30-52-46(59)24-27-56-25-22-39(23-26-56)63-50(62)54-43-13-6-5-12-40(43)37-10-3-2-4-11-37/h2-21,29,33,39,45,51,57-58H,22-28,30-32H2,1H3,(H,52,59)(H,53,61)(H,54,62)(H,55,60)/t33-,45+/m1/s1. The maximum Gasteiger partial charge on any atom is 0.411 e. The number of nitrogens with one attached hydrogen (secondary N) is 5. The number of fused-ring (bicyclic) bond motifs is 1. The second-order valence-electron chi connectivity index (χ2n) is 16.0. The molecule has 5 aromatic carbocycles. The summed E-state index contributed by atoms with van der Waals surface area (Å²) in [6.07, 6.45) is 0.919. The van der Waals surface area contributed by atoms with E-state index in [1.165, 1.54) is 12.1 Å². The van der Waals surface area contributed by atoms with Crippen molar-refractivity contribution in [3.8, 4) is 16.9 Å². The number of para-hydroxylation sites is 1. The number of amides is 3. The zero-order valence-electron chi connectivity index (χ0n) is 35.3. The number of hydrogen-bond acceptors (Lipinski definition) is 9. The Hall–Kier alpha value is -6.80. The van der Waals surface area contributed by atoms with Crippen LogP contribution < -0.4 is 26.8 Å². The number of ether oxygens (including phenoxy) is 1. The Morgan fingerprint density at radius 1 is 0.810 bits per heavy atom. The number of carbonyl (C=O) groups excluding carboxylic acids is 3. The number of piperidine rings is 1. The molecule has 1 aliphatic heterocycles. The highest BCUT2D eigenvalue weighted by molar-refractivity contribution is 5.94. The summed E-state index contributed by atoms with van der Waals surface area (Å²) < 4.78 is 5.76. The number of benzene rings is 5. The summed E-state index contributed by atoms with van der Waals surface area (Å²) in [5.74, 6) is -0.309. The van der Waals surface area contributed by atoms with Gasteiger partial charge in [-0.25, -0.2) is 4.79 Å². The number of H-pyrrole nitrogens is 1. The van der Waals surface area contributed by atoms with Crippen molar-refractivity contribution in [2.45, 2.75) is 63.9 Å². The van der Waals surface area contributed by atoms with Crippen LogP contribution in [0.1, 0.15) is 64.9 Å². The minimum atomic E-state index is -0.858. The topological polar surface area (TPSA) is 185 Å². The third-order valence-corrected chi connectivity index (χ3v) is 11.3. The summed E-state index contributed by atoms with van der Waals surface area (Å²) in [6.45, 7) is 5.09. The Labute approximate surface area is 366 Å². The minimum Gasteiger partial charge on any atom is -0.506 e. The van der Waals surface area contributed by atoms with Gasteiger partial charge in [0.05, 0.1) is 17.3 Å². The molecule has 0 bridgehead atoms. The van der Waals surface area contributed by atoms with Crippen molar-refractivity contribution >= 4 is 34.5 Å². The van der Waals surface area contributed by atoms with E-state index in [4.69, 9.17) is 4.74 Å². The Balaban J connectivity index is 0.776. The van der Waals surface area contributed by atoms with Crippen molar-refractivity contribution in [2.75, 3.05) is 31.5 Å². The van der Waals surface area contributed by atoms with Gasteiger partial charge in [-0.15, -0.1) is 0 Å². The molecule has 13 nitrogen and oxygen atoms in total. The molecular weight excluding hydrogens is 797 g/mol. The molecule has 1 aromatic heterocycles. The monoisotopic (exact) mass is 850 g/mol. The maximum atomic E-state index is 13.0. The summed E-state index contributed by atoms with van der Waals surface area (Å²) in [7, 11) is 0. The normalized spacial score (nSPS) is 14.1. The van der Waals surface area contributed by atoms with Gasteiger partial charge in [0.2, 0.25) is 11.5 Å². The van der Waals surface area contributed by atoms with E-state index in [0.717, 1.165) is 40.9 Å². The van der Waals surface area contributed by atoms with Crippen LogP contribution in [0.3, 0.4) is 0 Å². The zero-order chi connectivity index (χ0) is 44.1. The van der Waals surface area contributed by atoms with Gasteiger partial charge in [0, 0.05) is 74.3 Å². The van der Waals surface area contributed by atoms with Crippen molar-refractivity contribution in [3.05, 3.63) is 166 Å². The van der Waals surface area contributed by atoms with E-state index in [0.29, 0.717) is 73.0 Å². The highest BCUT2D eigenvalue weighted by Crippen LogP contribution is 2.30. The van der Waals surface area contributed by atoms with E-state index in [1.54, 1.807) is 24.3 Å². The fraction of sp³-hybridized carbons (Fsp3) is 0.280. The number of rotatable bonds is 17. The van der Waals surface area contributed by atoms with Gasteiger partial charge in [-0.05, 0) is 84.3 Å². The minimum absolute atomic E-state index is 0.0258. The Morgan fingerprint density at radius 3 is 2.33 bits per heavy atom. The molecule has 3 amide bonds. The first-order chi connectivity index (χ1) is 30.6. The third-order valence-electron chi connectivity index (χ3n) is 11.3. The van der Waals surface area contributed by atoms with Crippen LogP contribution >= 0.6 is 0 Å². The molecule has 0 aliphatic carbocycles. The smallest absolute Gasteiger partial charge is 0.411 e. The summed E-state index contributed by atoms with van der Waals surface area (Å²) in [5, 5.41) is 34.0. The van der Waals surface area contributed by atoms with Gasteiger partial charge in [-0.3, -0.25) is 19.7 Å². The van der Waals surface area contributed by atoms with Crippen LogP contribution in [0.5, 0.6) is 5.75 Å². The van der Waals surface area contributed by atoms with Crippen molar-refractivity contribution in [1.82, 2.24) is 25.8 Å². The summed E-state index contributed by atoms with van der Waals surface area (Å²) >= 11 is 0. The number of aliphatic hydroxyl groups is 1. The van der Waals surface area contributed by atoms with Crippen LogP contribution in [0.4, 0.5) is 10.5 Å². The number of aliphatic hydroxyl groups excluding tert-OH is 1. The first-order valence-electron chi connectivity index (χ1n) is 21.4. The number of aromatic amines is 1. The molecule has 2 heterocycles. The molecule has 13 heteroatoms. The number of phenols is 1. The lowest BCUT2D eigenvalue weighted by Gasteiger charge is -2.31. The number of aromatic nitrogens is 1. The van der Waals surface area contributed by atoms with Gasteiger partial charge in [0.25, 0.3) is 5.91 Å². The number of likely N-dealkylation sites (tertiary alicyclic amines) is 1. The molecule has 1 fully saturated rings. The molecule has 0 radical (unpaired) electrons. The number of pyridine rings is 1. The lowest BCUT2D eigenvalue weighted by Crippen LogP contribution is -2.40. The second kappa shape index (κ2) is 21.3. The largest absolute Gasteiger partial charge is 0.506 e. The van der Waals surface area contributed by atoms with Gasteiger partial charge in [0.15, 0.2) is 0 Å². The van der Waals surface area contributed by atoms with E-state index in [9.17, 15) is 29.4 Å². The molecule has 2 atom stereocenters. The van der Waals surface area contributed by atoms with E-state index < -0.39 is 12.2 Å². The van der Waals surface area contributed by atoms with Crippen LogP contribution in [0.25, 0.3) is 22.0 Å². The van der Waals surface area contributed by atoms with Crippen molar-refractivity contribution in [2.24, 2.45) is 0 Å². The number of anilines is 1. The molecule has 326 valence electrons. The number of aromatic hydroxyl groups is 1. The SMILES string of the molecule is C[C@H](Cc1cccc(CNC(=O)c2ccc(CNC(=O)CCN3CCC(OC(=O)Nc4ccccc4-c4ccccc4)CC3)cc2)c1)NC[C@H](O)c1ccc(O)c2[nH]c(=O)ccc12. The van der Waals surface area contributed by atoms with Gasteiger partial charge in [0.1, 0.15) is 11.9 Å². The molecule has 63 heavy (non-hydrogen) atoms. The second-order valence-corrected chi connectivity index (χ2v) is 16.0. The van der Waals surface area contributed by atoms with Crippen molar-refractivity contribution in [3.63, 3.8) is 0 Å². The summed E-state index contributed by atoms with van der Waals surface area (Å²) in [5.41, 5.74) is 6.65. The highest BCUT2D eigenvalue weighted by atomic mass is 16.6. The number of hydrogen-bond donors (Lipinski definition) is 7. The molecule has 7 N–H and O–H groups in total. The Kier molecular flexibility index (Phi) is 15.0. The molecule has 0 unspecified atom stereocenters. The average Bonchev–Trinajstić information content (AvgIpc) is 3.30. The molecular formula is C50H54N6O7. The van der Waals surface area contributed by atoms with Gasteiger partial charge in [-0.1, -0.05) is 91.0 Å². The van der Waals surface area contributed by atoms with Crippen LogP contribution in [0.2, 0.25) is 0 Å². The molecule has 1 aliphatic rings. The zero-order valence-corrected chi connectivity index (χ0v) is 35.3. The molecule has 7 rings (SSSR count). The average molecular weight is 851 g/mol. The number of phenolic OH excluding ortho intramolecular Hbond substituents is 1. The predicted molar refractivity (Wildman–Crippen MR) is 244 cm³/mol. The van der Waals surface area contributed by atoms with Crippen LogP contribution in [-0.2, 0) is 29.0 Å². The fourth-order valence-electron chi connectivity index (χ4n) is 7.87. The van der Waals surface area contributed by atoms with Crippen LogP contribution in [0, 0.1) is 0 Å². The van der Waals surface area contributed by atoms with Crippen LogP contribution in [-0.4, -0.2) is 76.3 Å². The fourth-order valence-corrected chi connectivity index (χ4v) is 7.87. The first kappa shape index (κ1) is 44.3. The molecule has 6 aromatic rings. The quantitative estimate of drug-likeness (QED) is 0.0519. The Morgan fingerprint density at radius 2 is 1.54 bits per heavy atom. The molecule has 0 spiro atoms. The molecule has 0 saturated carbocycles. The number of carbonyl (C=O) groups is 3. The van der Waals surface area contributed by atoms with E-state index >= 15 is 0 Å². The lowest BCUT2D eigenvalue weighted by atomic mass is 10.0. The van der Waals surface area contributed by atoms with E-state index in [2.05, 4.69) is 37.2 Å². The van der Waals surface area contributed by atoms with Gasteiger partial charge in [-0.2, -0.15) is 0 Å².